The van der Waals surface area contributed by atoms with E-state index in [0.29, 0.717) is 11.3 Å². The summed E-state index contributed by atoms with van der Waals surface area (Å²) >= 11 is 0. The van der Waals surface area contributed by atoms with Gasteiger partial charge in [0.25, 0.3) is 0 Å². The van der Waals surface area contributed by atoms with E-state index >= 15 is 0 Å². The number of rotatable bonds is 4. The summed E-state index contributed by atoms with van der Waals surface area (Å²) in [6, 6.07) is 9.76. The molecule has 0 radical (unpaired) electrons. The summed E-state index contributed by atoms with van der Waals surface area (Å²) in [5.41, 5.74) is 3.57. The van der Waals surface area contributed by atoms with Gasteiger partial charge in [0.05, 0.1) is 11.3 Å². The largest absolute Gasteiger partial charge is 0.478 e. The molecular formula is C17H18N2O2. The number of carboxylic acid groups (broad SMARTS) is 1. The van der Waals surface area contributed by atoms with Crippen molar-refractivity contribution in [3.8, 4) is 0 Å². The molecule has 0 spiro atoms. The number of aromatic carboxylic acids is 1. The fourth-order valence-electron chi connectivity index (χ4n) is 2.07. The van der Waals surface area contributed by atoms with Crippen molar-refractivity contribution < 1.29 is 9.90 Å². The zero-order valence-corrected chi connectivity index (χ0v) is 12.4. The van der Waals surface area contributed by atoms with Crippen molar-refractivity contribution in [2.24, 2.45) is 0 Å². The Kier molecular flexibility index (Phi) is 4.38. The maximum atomic E-state index is 11.3. The van der Waals surface area contributed by atoms with E-state index in [1.165, 1.54) is 0 Å². The summed E-state index contributed by atoms with van der Waals surface area (Å²) < 4.78 is 0. The van der Waals surface area contributed by atoms with Crippen LogP contribution in [0.4, 0.5) is 5.69 Å². The highest BCUT2D eigenvalue weighted by Crippen LogP contribution is 2.17. The first-order valence-corrected chi connectivity index (χ1v) is 6.63. The molecule has 1 heterocycles. The molecule has 21 heavy (non-hydrogen) atoms. The number of aryl methyl sites for hydroxylation is 1. The lowest BCUT2D eigenvalue weighted by Gasteiger charge is -2.11. The van der Waals surface area contributed by atoms with Gasteiger partial charge in [0.2, 0.25) is 0 Å². The van der Waals surface area contributed by atoms with Crippen LogP contribution in [0.5, 0.6) is 0 Å². The molecule has 0 atom stereocenters. The molecule has 108 valence electrons. The van der Waals surface area contributed by atoms with Gasteiger partial charge in [-0.25, -0.2) is 4.79 Å². The highest BCUT2D eigenvalue weighted by atomic mass is 16.4. The van der Waals surface area contributed by atoms with Crippen LogP contribution in [0.2, 0.25) is 0 Å². The van der Waals surface area contributed by atoms with Crippen molar-refractivity contribution in [1.29, 1.82) is 0 Å². The fraction of sp³-hybridized carbons (Fsp3) is 0.176. The molecule has 0 fully saturated rings. The molecule has 0 amide bonds. The Morgan fingerprint density at radius 3 is 2.38 bits per heavy atom. The summed E-state index contributed by atoms with van der Waals surface area (Å²) in [5.74, 6) is -0.955. The van der Waals surface area contributed by atoms with Gasteiger partial charge in [-0.3, -0.25) is 4.98 Å². The summed E-state index contributed by atoms with van der Waals surface area (Å²) in [5, 5.41) is 9.26. The monoisotopic (exact) mass is 282 g/mol. The Hall–Kier alpha value is -2.62. The lowest BCUT2D eigenvalue weighted by atomic mass is 10.1. The summed E-state index contributed by atoms with van der Waals surface area (Å²) in [7, 11) is 3.98. The molecule has 0 bridgehead atoms. The molecule has 0 aliphatic rings. The van der Waals surface area contributed by atoms with Gasteiger partial charge in [0.15, 0.2) is 0 Å². The van der Waals surface area contributed by atoms with Crippen LogP contribution in [0.25, 0.3) is 12.2 Å². The highest BCUT2D eigenvalue weighted by molar-refractivity contribution is 5.94. The summed E-state index contributed by atoms with van der Waals surface area (Å²) in [4.78, 5) is 17.4. The van der Waals surface area contributed by atoms with Gasteiger partial charge in [-0.1, -0.05) is 24.3 Å². The molecular weight excluding hydrogens is 264 g/mol. The lowest BCUT2D eigenvalue weighted by molar-refractivity contribution is 0.0695. The second-order valence-electron chi connectivity index (χ2n) is 4.99. The van der Waals surface area contributed by atoms with Crippen molar-refractivity contribution in [2.75, 3.05) is 19.0 Å². The molecule has 4 nitrogen and oxygen atoms in total. The van der Waals surface area contributed by atoms with Crippen molar-refractivity contribution >= 4 is 23.8 Å². The number of carboxylic acids is 1. The van der Waals surface area contributed by atoms with Crippen molar-refractivity contribution in [3.63, 3.8) is 0 Å². The van der Waals surface area contributed by atoms with E-state index in [1.807, 2.05) is 55.4 Å². The lowest BCUT2D eigenvalue weighted by Crippen LogP contribution is -2.07. The van der Waals surface area contributed by atoms with Crippen LogP contribution in [0, 0.1) is 6.92 Å². The molecule has 0 aliphatic carbocycles. The first-order valence-electron chi connectivity index (χ1n) is 6.63. The Labute approximate surface area is 124 Å². The smallest absolute Gasteiger partial charge is 0.338 e. The minimum atomic E-state index is -0.955. The van der Waals surface area contributed by atoms with Gasteiger partial charge in [0, 0.05) is 26.0 Å². The predicted molar refractivity (Wildman–Crippen MR) is 85.6 cm³/mol. The van der Waals surface area contributed by atoms with E-state index in [2.05, 4.69) is 4.98 Å². The standard InChI is InChI=1S/C17H18N2O2/c1-12-16(17(20)21)14(10-11-18-12)7-4-13-5-8-15(9-6-13)19(2)3/h4-11H,1-3H3,(H,20,21). The first kappa shape index (κ1) is 14.8. The van der Waals surface area contributed by atoms with Gasteiger partial charge < -0.3 is 10.0 Å². The third-order valence-electron chi connectivity index (χ3n) is 3.25. The molecule has 0 saturated heterocycles. The van der Waals surface area contributed by atoms with Crippen LogP contribution in [-0.2, 0) is 0 Å². The molecule has 0 unspecified atom stereocenters. The SMILES string of the molecule is Cc1nccc(C=Cc2ccc(N(C)C)cc2)c1C(=O)O. The second kappa shape index (κ2) is 6.22. The fourth-order valence-corrected chi connectivity index (χ4v) is 2.07. The highest BCUT2D eigenvalue weighted by Gasteiger charge is 2.11. The molecule has 0 saturated carbocycles. The Morgan fingerprint density at radius 1 is 1.14 bits per heavy atom. The number of hydrogen-bond donors (Lipinski definition) is 1. The van der Waals surface area contributed by atoms with Crippen LogP contribution in [-0.4, -0.2) is 30.2 Å². The minimum absolute atomic E-state index is 0.249. The van der Waals surface area contributed by atoms with Gasteiger partial charge in [-0.2, -0.15) is 0 Å². The van der Waals surface area contributed by atoms with Gasteiger partial charge in [0.1, 0.15) is 0 Å². The molecule has 1 aromatic carbocycles. The molecule has 2 rings (SSSR count). The van der Waals surface area contributed by atoms with Crippen molar-refractivity contribution in [2.45, 2.75) is 6.92 Å². The van der Waals surface area contributed by atoms with E-state index in [1.54, 1.807) is 19.2 Å². The number of carbonyl (C=O) groups is 1. The minimum Gasteiger partial charge on any atom is -0.478 e. The van der Waals surface area contributed by atoms with E-state index in [4.69, 9.17) is 0 Å². The molecule has 4 heteroatoms. The predicted octanol–water partition coefficient (Wildman–Crippen LogP) is 3.32. The number of benzene rings is 1. The van der Waals surface area contributed by atoms with E-state index in [-0.39, 0.29) is 5.56 Å². The topological polar surface area (TPSA) is 53.4 Å². The zero-order chi connectivity index (χ0) is 15.4. The van der Waals surface area contributed by atoms with Gasteiger partial charge in [-0.05, 0) is 36.2 Å². The molecule has 1 aromatic heterocycles. The first-order chi connectivity index (χ1) is 9.99. The Bertz CT molecular complexity index is 674. The Balaban J connectivity index is 2.29. The number of hydrogen-bond acceptors (Lipinski definition) is 3. The van der Waals surface area contributed by atoms with Gasteiger partial charge in [-0.15, -0.1) is 0 Å². The second-order valence-corrected chi connectivity index (χ2v) is 4.99. The third-order valence-corrected chi connectivity index (χ3v) is 3.25. The van der Waals surface area contributed by atoms with E-state index in [0.717, 1.165) is 11.3 Å². The number of pyridine rings is 1. The maximum absolute atomic E-state index is 11.3. The third kappa shape index (κ3) is 3.48. The maximum Gasteiger partial charge on any atom is 0.338 e. The quantitative estimate of drug-likeness (QED) is 0.934. The molecule has 0 aliphatic heterocycles. The number of aromatic nitrogens is 1. The van der Waals surface area contributed by atoms with Crippen LogP contribution >= 0.6 is 0 Å². The van der Waals surface area contributed by atoms with Crippen LogP contribution in [0.15, 0.2) is 36.5 Å². The van der Waals surface area contributed by atoms with Crippen LogP contribution in [0.1, 0.15) is 27.2 Å². The zero-order valence-electron chi connectivity index (χ0n) is 12.4. The van der Waals surface area contributed by atoms with Crippen molar-refractivity contribution in [3.05, 3.63) is 58.9 Å². The van der Waals surface area contributed by atoms with E-state index in [9.17, 15) is 9.90 Å². The van der Waals surface area contributed by atoms with Crippen molar-refractivity contribution in [1.82, 2.24) is 4.98 Å². The van der Waals surface area contributed by atoms with Gasteiger partial charge >= 0.3 is 5.97 Å². The number of nitrogens with zero attached hydrogens (tertiary/aromatic N) is 2. The number of anilines is 1. The molecule has 1 N–H and O–H groups in total. The van der Waals surface area contributed by atoms with Crippen LogP contribution < -0.4 is 4.90 Å². The normalized spacial score (nSPS) is 10.8. The summed E-state index contributed by atoms with van der Waals surface area (Å²) in [6.45, 7) is 1.70. The van der Waals surface area contributed by atoms with Crippen LogP contribution in [0.3, 0.4) is 0 Å². The average molecular weight is 282 g/mol. The summed E-state index contributed by atoms with van der Waals surface area (Å²) in [6.07, 6.45) is 5.33. The Morgan fingerprint density at radius 2 is 1.81 bits per heavy atom. The molecule has 2 aromatic rings. The van der Waals surface area contributed by atoms with E-state index < -0.39 is 5.97 Å². The average Bonchev–Trinajstić information content (AvgIpc) is 2.45.